The Morgan fingerprint density at radius 1 is 1.53 bits per heavy atom. The number of carbonyl (C=O) groups is 2. The molecule has 0 spiro atoms. The molecule has 0 saturated heterocycles. The standard InChI is InChI=1S/C12H18N4O3/c1-14-6-5-13-10(14)7-15(2)12(19)16(8-11(17)18)9-3-4-9/h5-6,9H,3-4,7-8H2,1-2H3,(H,17,18). The highest BCUT2D eigenvalue weighted by atomic mass is 16.4. The van der Waals surface area contributed by atoms with Crippen LogP contribution in [0, 0.1) is 0 Å². The average molecular weight is 266 g/mol. The third kappa shape index (κ3) is 3.24. The van der Waals surface area contributed by atoms with Crippen LogP contribution in [0.4, 0.5) is 4.79 Å². The maximum Gasteiger partial charge on any atom is 0.323 e. The Kier molecular flexibility index (Phi) is 3.73. The lowest BCUT2D eigenvalue weighted by molar-refractivity contribution is -0.137. The van der Waals surface area contributed by atoms with Crippen LogP contribution >= 0.6 is 0 Å². The van der Waals surface area contributed by atoms with Crippen LogP contribution in [0.5, 0.6) is 0 Å². The van der Waals surface area contributed by atoms with Gasteiger partial charge in [-0.3, -0.25) is 4.79 Å². The zero-order valence-corrected chi connectivity index (χ0v) is 11.1. The molecule has 7 heteroatoms. The molecular formula is C12H18N4O3. The van der Waals surface area contributed by atoms with Crippen LogP contribution in [0.25, 0.3) is 0 Å². The lowest BCUT2D eigenvalue weighted by Gasteiger charge is -2.26. The normalized spacial score (nSPS) is 14.2. The molecule has 1 N–H and O–H groups in total. The number of aromatic nitrogens is 2. The van der Waals surface area contributed by atoms with Gasteiger partial charge in [-0.1, -0.05) is 0 Å². The summed E-state index contributed by atoms with van der Waals surface area (Å²) in [7, 11) is 3.52. The third-order valence-electron chi connectivity index (χ3n) is 3.17. The van der Waals surface area contributed by atoms with Gasteiger partial charge in [-0.2, -0.15) is 0 Å². The fourth-order valence-corrected chi connectivity index (χ4v) is 1.93. The fraction of sp³-hybridized carbons (Fsp3) is 0.583. The second kappa shape index (κ2) is 5.29. The second-order valence-electron chi connectivity index (χ2n) is 4.85. The molecule has 0 bridgehead atoms. The lowest BCUT2D eigenvalue weighted by Crippen LogP contribution is -2.44. The highest BCUT2D eigenvalue weighted by molar-refractivity contribution is 5.80. The summed E-state index contributed by atoms with van der Waals surface area (Å²) in [6.45, 7) is 0.125. The number of nitrogens with zero attached hydrogens (tertiary/aromatic N) is 4. The number of carboxylic acid groups (broad SMARTS) is 1. The Balaban J connectivity index is 2.00. The van der Waals surface area contributed by atoms with Crippen LogP contribution < -0.4 is 0 Å². The minimum atomic E-state index is -0.981. The number of aliphatic carboxylic acids is 1. The predicted molar refractivity (Wildman–Crippen MR) is 67.4 cm³/mol. The van der Waals surface area contributed by atoms with Gasteiger partial charge in [0.2, 0.25) is 0 Å². The van der Waals surface area contributed by atoms with E-state index in [0.29, 0.717) is 6.54 Å². The maximum atomic E-state index is 12.2. The smallest absolute Gasteiger partial charge is 0.323 e. The first-order chi connectivity index (χ1) is 8.99. The van der Waals surface area contributed by atoms with Gasteiger partial charge in [-0.25, -0.2) is 9.78 Å². The first-order valence-electron chi connectivity index (χ1n) is 6.18. The average Bonchev–Trinajstić information content (AvgIpc) is 3.11. The fourth-order valence-electron chi connectivity index (χ4n) is 1.93. The van der Waals surface area contributed by atoms with Crippen LogP contribution in [0.2, 0.25) is 0 Å². The molecule has 7 nitrogen and oxygen atoms in total. The van der Waals surface area contributed by atoms with E-state index >= 15 is 0 Å². The van der Waals surface area contributed by atoms with Crippen molar-refractivity contribution in [1.82, 2.24) is 19.4 Å². The van der Waals surface area contributed by atoms with E-state index in [-0.39, 0.29) is 18.6 Å². The van der Waals surface area contributed by atoms with Crippen molar-refractivity contribution < 1.29 is 14.7 Å². The number of hydrogen-bond acceptors (Lipinski definition) is 3. The number of carboxylic acids is 1. The van der Waals surface area contributed by atoms with Gasteiger partial charge >= 0.3 is 12.0 Å². The highest BCUT2D eigenvalue weighted by Crippen LogP contribution is 2.27. The molecule has 1 aromatic heterocycles. The lowest BCUT2D eigenvalue weighted by atomic mass is 10.4. The summed E-state index contributed by atoms with van der Waals surface area (Å²) in [5.41, 5.74) is 0. The summed E-state index contributed by atoms with van der Waals surface area (Å²) in [6, 6.07) is -0.180. The molecule has 0 unspecified atom stereocenters. The summed E-state index contributed by atoms with van der Waals surface area (Å²) in [5, 5.41) is 8.86. The number of amides is 2. The number of aryl methyl sites for hydroxylation is 1. The molecule has 1 saturated carbocycles. The molecular weight excluding hydrogens is 248 g/mol. The summed E-state index contributed by atoms with van der Waals surface area (Å²) >= 11 is 0. The van der Waals surface area contributed by atoms with E-state index in [4.69, 9.17) is 5.11 Å². The highest BCUT2D eigenvalue weighted by Gasteiger charge is 2.35. The van der Waals surface area contributed by atoms with Crippen molar-refractivity contribution in [2.45, 2.75) is 25.4 Å². The zero-order valence-electron chi connectivity index (χ0n) is 11.1. The van der Waals surface area contributed by atoms with Gasteiger partial charge in [-0.05, 0) is 12.8 Å². The Bertz CT molecular complexity index is 481. The third-order valence-corrected chi connectivity index (χ3v) is 3.17. The van der Waals surface area contributed by atoms with Crippen molar-refractivity contribution in [3.05, 3.63) is 18.2 Å². The SMILES string of the molecule is CN(Cc1nccn1C)C(=O)N(CC(=O)O)C1CC1. The number of carbonyl (C=O) groups excluding carboxylic acids is 1. The van der Waals surface area contributed by atoms with E-state index in [1.807, 2.05) is 17.8 Å². The van der Waals surface area contributed by atoms with Crippen molar-refractivity contribution in [1.29, 1.82) is 0 Å². The quantitative estimate of drug-likeness (QED) is 0.842. The van der Waals surface area contributed by atoms with E-state index in [2.05, 4.69) is 4.98 Å². The monoisotopic (exact) mass is 266 g/mol. The first-order valence-corrected chi connectivity index (χ1v) is 6.18. The summed E-state index contributed by atoms with van der Waals surface area (Å²) in [4.78, 5) is 30.1. The van der Waals surface area contributed by atoms with E-state index in [1.54, 1.807) is 13.2 Å². The van der Waals surface area contributed by atoms with Gasteiger partial charge in [0.05, 0.1) is 6.54 Å². The molecule has 1 heterocycles. The molecule has 2 rings (SSSR count). The molecule has 1 aliphatic rings. The summed E-state index contributed by atoms with van der Waals surface area (Å²) in [5.74, 6) is -0.215. The number of rotatable bonds is 5. The minimum Gasteiger partial charge on any atom is -0.480 e. The largest absolute Gasteiger partial charge is 0.480 e. The molecule has 0 aromatic carbocycles. The molecule has 104 valence electrons. The number of imidazole rings is 1. The van der Waals surface area contributed by atoms with Crippen molar-refractivity contribution in [3.8, 4) is 0 Å². The van der Waals surface area contributed by atoms with Gasteiger partial charge in [-0.15, -0.1) is 0 Å². The van der Waals surface area contributed by atoms with E-state index < -0.39 is 5.97 Å². The van der Waals surface area contributed by atoms with E-state index in [0.717, 1.165) is 18.7 Å². The van der Waals surface area contributed by atoms with Gasteiger partial charge in [0.1, 0.15) is 12.4 Å². The number of hydrogen-bond donors (Lipinski definition) is 1. The predicted octanol–water partition coefficient (Wildman–Crippen LogP) is 0.521. The van der Waals surface area contributed by atoms with Crippen LogP contribution in [0.3, 0.4) is 0 Å². The second-order valence-corrected chi connectivity index (χ2v) is 4.85. The zero-order chi connectivity index (χ0) is 14.0. The van der Waals surface area contributed by atoms with Crippen LogP contribution in [0.1, 0.15) is 18.7 Å². The van der Waals surface area contributed by atoms with Crippen molar-refractivity contribution >= 4 is 12.0 Å². The molecule has 0 aliphatic heterocycles. The minimum absolute atomic E-state index is 0.0763. The van der Waals surface area contributed by atoms with Crippen LogP contribution in [-0.2, 0) is 18.4 Å². The topological polar surface area (TPSA) is 78.7 Å². The first kappa shape index (κ1) is 13.4. The molecule has 19 heavy (non-hydrogen) atoms. The molecule has 1 aromatic rings. The molecule has 0 radical (unpaired) electrons. The Labute approximate surface area is 111 Å². The van der Waals surface area contributed by atoms with Crippen LogP contribution in [-0.4, -0.2) is 56.1 Å². The molecule has 0 atom stereocenters. The van der Waals surface area contributed by atoms with Crippen molar-refractivity contribution in [2.75, 3.05) is 13.6 Å². The van der Waals surface area contributed by atoms with Crippen molar-refractivity contribution in [2.24, 2.45) is 7.05 Å². The molecule has 1 aliphatic carbocycles. The Hall–Kier alpha value is -2.05. The summed E-state index contributed by atoms with van der Waals surface area (Å²) in [6.07, 6.45) is 5.25. The Morgan fingerprint density at radius 3 is 2.68 bits per heavy atom. The van der Waals surface area contributed by atoms with Gasteiger partial charge < -0.3 is 19.5 Å². The summed E-state index contributed by atoms with van der Waals surface area (Å²) < 4.78 is 1.84. The Morgan fingerprint density at radius 2 is 2.21 bits per heavy atom. The number of urea groups is 1. The van der Waals surface area contributed by atoms with Crippen molar-refractivity contribution in [3.63, 3.8) is 0 Å². The van der Waals surface area contributed by atoms with E-state index in [9.17, 15) is 9.59 Å². The van der Waals surface area contributed by atoms with Gasteiger partial charge in [0.15, 0.2) is 0 Å². The maximum absolute atomic E-state index is 12.2. The van der Waals surface area contributed by atoms with Gasteiger partial charge in [0, 0.05) is 32.5 Å². The van der Waals surface area contributed by atoms with Gasteiger partial charge in [0.25, 0.3) is 0 Å². The van der Waals surface area contributed by atoms with E-state index in [1.165, 1.54) is 9.80 Å². The molecule has 1 fully saturated rings. The van der Waals surface area contributed by atoms with Crippen LogP contribution in [0.15, 0.2) is 12.4 Å². The molecule has 2 amide bonds.